The van der Waals surface area contributed by atoms with Crippen molar-refractivity contribution in [1.29, 1.82) is 0 Å². The Morgan fingerprint density at radius 1 is 0.275 bits per heavy atom. The van der Waals surface area contributed by atoms with Gasteiger partial charge < -0.3 is 5.73 Å². The average molecular weight is 723 g/mol. The van der Waals surface area contributed by atoms with Crippen LogP contribution in [0, 0.1) is 0 Å². The molecule has 0 aliphatic heterocycles. The van der Waals surface area contributed by atoms with Crippen LogP contribution in [-0.4, -0.2) is 0 Å². The maximum Gasteiger partial charge on any atom is 0.0314 e. The molecule has 0 unspecified atom stereocenters. The molecule has 2 heteroatoms. The van der Waals surface area contributed by atoms with Gasteiger partial charge in [-0.1, -0.05) is 210 Å². The van der Waals surface area contributed by atoms with E-state index < -0.39 is 0 Å². The number of rotatable bonds is 6. The lowest BCUT2D eigenvalue weighted by Crippen LogP contribution is -1.88. The SMILES string of the molecule is Brc1ccc(-c2ccccc2)cc1.Nc1ccc(-c2ccccc2)cc1.c1ccc(-c2ccc(Cc3ccc(-c4ccccc4)cc3)cc2)cc1. The third-order valence-electron chi connectivity index (χ3n) is 8.50. The molecule has 0 amide bonds. The minimum atomic E-state index is 0.805. The van der Waals surface area contributed by atoms with E-state index in [9.17, 15) is 0 Å². The van der Waals surface area contributed by atoms with Crippen LogP contribution in [0.2, 0.25) is 0 Å². The molecule has 0 fully saturated rings. The van der Waals surface area contributed by atoms with Gasteiger partial charge in [0.25, 0.3) is 0 Å². The molecule has 0 bridgehead atoms. The molecule has 0 atom stereocenters. The molecule has 0 aromatic heterocycles. The summed E-state index contributed by atoms with van der Waals surface area (Å²) in [5.74, 6) is 0. The molecule has 0 saturated carbocycles. The Hall–Kier alpha value is -5.96. The van der Waals surface area contributed by atoms with Crippen molar-refractivity contribution >= 4 is 21.6 Å². The van der Waals surface area contributed by atoms with E-state index >= 15 is 0 Å². The van der Waals surface area contributed by atoms with Gasteiger partial charge in [-0.2, -0.15) is 0 Å². The van der Waals surface area contributed by atoms with Crippen molar-refractivity contribution < 1.29 is 0 Å². The molecule has 248 valence electrons. The summed E-state index contributed by atoms with van der Waals surface area (Å²) in [6.07, 6.45) is 0.962. The van der Waals surface area contributed by atoms with Gasteiger partial charge in [0.15, 0.2) is 0 Å². The fraction of sp³-hybridized carbons (Fsp3) is 0.0204. The molecule has 8 aromatic rings. The van der Waals surface area contributed by atoms with Gasteiger partial charge >= 0.3 is 0 Å². The Labute approximate surface area is 310 Å². The van der Waals surface area contributed by atoms with E-state index in [2.05, 4.69) is 186 Å². The summed E-state index contributed by atoms with van der Waals surface area (Å²) >= 11 is 3.42. The molecule has 8 aromatic carbocycles. The smallest absolute Gasteiger partial charge is 0.0314 e. The van der Waals surface area contributed by atoms with Gasteiger partial charge in [0, 0.05) is 10.2 Å². The first kappa shape index (κ1) is 34.9. The third kappa shape index (κ3) is 10.5. The van der Waals surface area contributed by atoms with Crippen LogP contribution in [-0.2, 0) is 6.42 Å². The standard InChI is InChI=1S/C25H20.C12H9Br.C12H11N/c1-3-7-22(8-4-1)24-15-11-20(12-16-24)19-21-13-17-25(18-14-21)23-9-5-2-6-10-23;2*13-12-8-6-11(7-9-12)10-4-2-1-3-5-10/h1-18H,19H2;1-9H;1-9H,13H2. The first-order chi connectivity index (χ1) is 25.1. The summed E-state index contributed by atoms with van der Waals surface area (Å²) < 4.78 is 1.12. The van der Waals surface area contributed by atoms with Gasteiger partial charge in [-0.25, -0.2) is 0 Å². The lowest BCUT2D eigenvalue weighted by atomic mass is 9.98. The summed E-state index contributed by atoms with van der Waals surface area (Å²) in [4.78, 5) is 0. The van der Waals surface area contributed by atoms with Crippen LogP contribution >= 0.6 is 15.9 Å². The van der Waals surface area contributed by atoms with E-state index in [1.54, 1.807) is 0 Å². The maximum absolute atomic E-state index is 5.60. The predicted molar refractivity (Wildman–Crippen MR) is 222 cm³/mol. The molecule has 0 spiro atoms. The number of nitrogens with two attached hydrogens (primary N) is 1. The maximum atomic E-state index is 5.60. The van der Waals surface area contributed by atoms with E-state index in [4.69, 9.17) is 5.73 Å². The minimum absolute atomic E-state index is 0.805. The van der Waals surface area contributed by atoms with E-state index in [1.807, 2.05) is 48.5 Å². The van der Waals surface area contributed by atoms with Gasteiger partial charge in [-0.05, 0) is 86.3 Å². The number of hydrogen-bond acceptors (Lipinski definition) is 1. The predicted octanol–water partition coefficient (Wildman–Crippen LogP) is 13.7. The summed E-state index contributed by atoms with van der Waals surface area (Å²) in [6.45, 7) is 0. The second kappa shape index (κ2) is 18.2. The molecule has 8 rings (SSSR count). The number of halogens is 1. The molecule has 51 heavy (non-hydrogen) atoms. The zero-order valence-corrected chi connectivity index (χ0v) is 30.0. The van der Waals surface area contributed by atoms with Gasteiger partial charge in [0.05, 0.1) is 0 Å². The van der Waals surface area contributed by atoms with Crippen LogP contribution in [0.15, 0.2) is 223 Å². The summed E-state index contributed by atoms with van der Waals surface area (Å²) in [6, 6.07) is 75.7. The number of anilines is 1. The lowest BCUT2D eigenvalue weighted by Gasteiger charge is -2.07. The van der Waals surface area contributed by atoms with Crippen molar-refractivity contribution in [3.05, 3.63) is 234 Å². The van der Waals surface area contributed by atoms with E-state index in [1.165, 1.54) is 55.6 Å². The largest absolute Gasteiger partial charge is 0.399 e. The van der Waals surface area contributed by atoms with Crippen LogP contribution < -0.4 is 5.73 Å². The van der Waals surface area contributed by atoms with E-state index in [0.29, 0.717) is 0 Å². The summed E-state index contributed by atoms with van der Waals surface area (Å²) in [5, 5.41) is 0. The summed E-state index contributed by atoms with van der Waals surface area (Å²) in [7, 11) is 0. The van der Waals surface area contributed by atoms with Gasteiger partial charge in [-0.15, -0.1) is 0 Å². The Morgan fingerprint density at radius 3 is 0.804 bits per heavy atom. The molecule has 0 aliphatic rings. The second-order valence-corrected chi connectivity index (χ2v) is 13.1. The molecule has 0 radical (unpaired) electrons. The molecule has 0 heterocycles. The molecule has 0 aliphatic carbocycles. The van der Waals surface area contributed by atoms with Crippen LogP contribution in [0.5, 0.6) is 0 Å². The molecule has 2 N–H and O–H groups in total. The van der Waals surface area contributed by atoms with Crippen LogP contribution in [0.25, 0.3) is 44.5 Å². The first-order valence-electron chi connectivity index (χ1n) is 17.1. The number of hydrogen-bond donors (Lipinski definition) is 1. The molecule has 1 nitrogen and oxygen atoms in total. The van der Waals surface area contributed by atoms with Crippen molar-refractivity contribution in [2.45, 2.75) is 6.42 Å². The highest BCUT2D eigenvalue weighted by atomic mass is 79.9. The fourth-order valence-electron chi connectivity index (χ4n) is 5.71. The quantitative estimate of drug-likeness (QED) is 0.170. The third-order valence-corrected chi connectivity index (χ3v) is 9.03. The van der Waals surface area contributed by atoms with Crippen LogP contribution in [0.1, 0.15) is 11.1 Å². The topological polar surface area (TPSA) is 26.0 Å². The summed E-state index contributed by atoms with van der Waals surface area (Å²) in [5.41, 5.74) is 19.1. The molecular weight excluding hydrogens is 682 g/mol. The Morgan fingerprint density at radius 2 is 0.510 bits per heavy atom. The molecular formula is C49H40BrN. The van der Waals surface area contributed by atoms with Crippen molar-refractivity contribution in [2.24, 2.45) is 0 Å². The highest BCUT2D eigenvalue weighted by Gasteiger charge is 2.01. The zero-order chi connectivity index (χ0) is 35.1. The van der Waals surface area contributed by atoms with Gasteiger partial charge in [-0.3, -0.25) is 0 Å². The second-order valence-electron chi connectivity index (χ2n) is 12.2. The monoisotopic (exact) mass is 721 g/mol. The van der Waals surface area contributed by atoms with Crippen molar-refractivity contribution in [1.82, 2.24) is 0 Å². The Kier molecular flexibility index (Phi) is 12.4. The zero-order valence-electron chi connectivity index (χ0n) is 28.4. The van der Waals surface area contributed by atoms with Crippen molar-refractivity contribution in [3.63, 3.8) is 0 Å². The molecule has 0 saturated heterocycles. The van der Waals surface area contributed by atoms with Crippen molar-refractivity contribution in [3.8, 4) is 44.5 Å². The highest BCUT2D eigenvalue weighted by molar-refractivity contribution is 9.10. The Balaban J connectivity index is 0.000000145. The van der Waals surface area contributed by atoms with E-state index in [0.717, 1.165) is 16.6 Å². The lowest BCUT2D eigenvalue weighted by molar-refractivity contribution is 1.19. The van der Waals surface area contributed by atoms with Crippen LogP contribution in [0.3, 0.4) is 0 Å². The number of benzene rings is 8. The number of nitrogen functional groups attached to an aromatic ring is 1. The van der Waals surface area contributed by atoms with Crippen LogP contribution in [0.4, 0.5) is 5.69 Å². The first-order valence-corrected chi connectivity index (χ1v) is 17.9. The van der Waals surface area contributed by atoms with Gasteiger partial charge in [0.1, 0.15) is 0 Å². The highest BCUT2D eigenvalue weighted by Crippen LogP contribution is 2.24. The van der Waals surface area contributed by atoms with Gasteiger partial charge in [0.2, 0.25) is 0 Å². The van der Waals surface area contributed by atoms with E-state index in [-0.39, 0.29) is 0 Å². The van der Waals surface area contributed by atoms with Crippen molar-refractivity contribution in [2.75, 3.05) is 5.73 Å². The average Bonchev–Trinajstić information content (AvgIpc) is 3.21. The Bertz CT molecular complexity index is 2000. The fourth-order valence-corrected chi connectivity index (χ4v) is 5.97. The normalized spacial score (nSPS) is 10.2. The minimum Gasteiger partial charge on any atom is -0.399 e.